The van der Waals surface area contributed by atoms with Crippen LogP contribution < -0.4 is 15.0 Å². The number of anilines is 1. The fourth-order valence-electron chi connectivity index (χ4n) is 1.93. The Morgan fingerprint density at radius 1 is 1.50 bits per heavy atom. The summed E-state index contributed by atoms with van der Waals surface area (Å²) in [6.45, 7) is 3.14. The maximum absolute atomic E-state index is 9.71. The second kappa shape index (κ2) is 5.18. The Labute approximate surface area is 95.8 Å². The Balaban J connectivity index is 2.14. The SMILES string of the molecule is COc1cccc(N2CCNCC(O)C2)c1. The minimum absolute atomic E-state index is 0.311. The van der Waals surface area contributed by atoms with Crippen LogP contribution in [0.2, 0.25) is 0 Å². The van der Waals surface area contributed by atoms with E-state index in [1.165, 1.54) is 0 Å². The number of nitrogens with zero attached hydrogens (tertiary/aromatic N) is 1. The fourth-order valence-corrected chi connectivity index (χ4v) is 1.93. The number of methoxy groups -OCH3 is 1. The standard InChI is InChI=1S/C12H18N2O2/c1-16-12-4-2-3-10(7-12)14-6-5-13-8-11(15)9-14/h2-4,7,11,13,15H,5-6,8-9H2,1H3. The number of aliphatic hydroxyl groups is 1. The van der Waals surface area contributed by atoms with E-state index in [0.717, 1.165) is 24.5 Å². The van der Waals surface area contributed by atoms with Crippen LogP contribution in [0.1, 0.15) is 0 Å². The van der Waals surface area contributed by atoms with Crippen LogP contribution in [0.25, 0.3) is 0 Å². The first-order valence-electron chi connectivity index (χ1n) is 5.57. The second-order valence-corrected chi connectivity index (χ2v) is 4.01. The van der Waals surface area contributed by atoms with Crippen LogP contribution >= 0.6 is 0 Å². The van der Waals surface area contributed by atoms with Gasteiger partial charge in [-0.2, -0.15) is 0 Å². The molecule has 0 amide bonds. The Morgan fingerprint density at radius 2 is 2.38 bits per heavy atom. The van der Waals surface area contributed by atoms with Crippen LogP contribution in [0.15, 0.2) is 24.3 Å². The summed E-state index contributed by atoms with van der Waals surface area (Å²) in [5.41, 5.74) is 1.10. The summed E-state index contributed by atoms with van der Waals surface area (Å²) in [6, 6.07) is 7.94. The summed E-state index contributed by atoms with van der Waals surface area (Å²) in [5, 5.41) is 12.9. The molecule has 88 valence electrons. The Bertz CT molecular complexity index is 344. The third-order valence-corrected chi connectivity index (χ3v) is 2.79. The molecule has 1 unspecified atom stereocenters. The molecule has 0 saturated carbocycles. The number of rotatable bonds is 2. The van der Waals surface area contributed by atoms with Gasteiger partial charge >= 0.3 is 0 Å². The largest absolute Gasteiger partial charge is 0.497 e. The molecule has 1 aromatic carbocycles. The summed E-state index contributed by atoms with van der Waals surface area (Å²) < 4.78 is 5.20. The van der Waals surface area contributed by atoms with Crippen LogP contribution in [0.3, 0.4) is 0 Å². The van der Waals surface area contributed by atoms with E-state index in [-0.39, 0.29) is 6.10 Å². The van der Waals surface area contributed by atoms with Gasteiger partial charge < -0.3 is 20.1 Å². The summed E-state index contributed by atoms with van der Waals surface area (Å²) in [7, 11) is 1.66. The number of nitrogens with one attached hydrogen (secondary N) is 1. The van der Waals surface area contributed by atoms with Crippen molar-refractivity contribution in [1.29, 1.82) is 0 Å². The number of ether oxygens (including phenoxy) is 1. The van der Waals surface area contributed by atoms with E-state index in [1.807, 2.05) is 24.3 Å². The molecule has 0 aliphatic carbocycles. The molecule has 16 heavy (non-hydrogen) atoms. The van der Waals surface area contributed by atoms with Crippen molar-refractivity contribution < 1.29 is 9.84 Å². The van der Waals surface area contributed by atoms with Gasteiger partial charge in [-0.25, -0.2) is 0 Å². The molecule has 4 heteroatoms. The zero-order chi connectivity index (χ0) is 11.4. The lowest BCUT2D eigenvalue weighted by Crippen LogP contribution is -2.32. The summed E-state index contributed by atoms with van der Waals surface area (Å²) >= 11 is 0. The summed E-state index contributed by atoms with van der Waals surface area (Å²) in [6.07, 6.45) is -0.311. The third-order valence-electron chi connectivity index (χ3n) is 2.79. The van der Waals surface area contributed by atoms with Gasteiger partial charge in [0, 0.05) is 37.9 Å². The van der Waals surface area contributed by atoms with Gasteiger partial charge in [0.05, 0.1) is 13.2 Å². The van der Waals surface area contributed by atoms with Crippen molar-refractivity contribution in [2.24, 2.45) is 0 Å². The van der Waals surface area contributed by atoms with E-state index in [4.69, 9.17) is 4.74 Å². The molecule has 0 aromatic heterocycles. The Kier molecular flexibility index (Phi) is 3.64. The van der Waals surface area contributed by atoms with Crippen molar-refractivity contribution >= 4 is 5.69 Å². The summed E-state index contributed by atoms with van der Waals surface area (Å²) in [4.78, 5) is 2.17. The number of hydrogen-bond acceptors (Lipinski definition) is 4. The second-order valence-electron chi connectivity index (χ2n) is 4.01. The van der Waals surface area contributed by atoms with Gasteiger partial charge in [-0.05, 0) is 12.1 Å². The Hall–Kier alpha value is -1.26. The van der Waals surface area contributed by atoms with Crippen molar-refractivity contribution in [3.05, 3.63) is 24.3 Å². The lowest BCUT2D eigenvalue weighted by molar-refractivity contribution is 0.185. The van der Waals surface area contributed by atoms with Crippen molar-refractivity contribution in [3.63, 3.8) is 0 Å². The number of benzene rings is 1. The lowest BCUT2D eigenvalue weighted by atomic mass is 10.2. The Morgan fingerprint density at radius 3 is 3.19 bits per heavy atom. The average Bonchev–Trinajstić information content (AvgIpc) is 2.54. The predicted molar refractivity (Wildman–Crippen MR) is 64.1 cm³/mol. The maximum atomic E-state index is 9.71. The minimum Gasteiger partial charge on any atom is -0.497 e. The number of hydrogen-bond donors (Lipinski definition) is 2. The number of aliphatic hydroxyl groups excluding tert-OH is 1. The highest BCUT2D eigenvalue weighted by atomic mass is 16.5. The smallest absolute Gasteiger partial charge is 0.120 e. The molecular weight excluding hydrogens is 204 g/mol. The van der Waals surface area contributed by atoms with Crippen LogP contribution in [-0.2, 0) is 0 Å². The minimum atomic E-state index is -0.311. The molecule has 0 bridgehead atoms. The molecule has 4 nitrogen and oxygen atoms in total. The zero-order valence-corrected chi connectivity index (χ0v) is 9.52. The van der Waals surface area contributed by atoms with Gasteiger partial charge in [0.1, 0.15) is 5.75 Å². The van der Waals surface area contributed by atoms with Gasteiger partial charge in [-0.1, -0.05) is 6.07 Å². The van der Waals surface area contributed by atoms with E-state index in [1.54, 1.807) is 7.11 Å². The number of β-amino-alcohol motifs (C(OH)–C–C–N with tert-alkyl or cyclic N) is 1. The van der Waals surface area contributed by atoms with E-state index in [0.29, 0.717) is 13.1 Å². The first-order chi connectivity index (χ1) is 7.79. The molecule has 0 spiro atoms. The van der Waals surface area contributed by atoms with E-state index in [9.17, 15) is 5.11 Å². The molecular formula is C12H18N2O2. The molecule has 2 rings (SSSR count). The maximum Gasteiger partial charge on any atom is 0.120 e. The molecule has 1 atom stereocenters. The predicted octanol–water partition coefficient (Wildman–Crippen LogP) is 0.466. The van der Waals surface area contributed by atoms with Crippen LogP contribution in [0.4, 0.5) is 5.69 Å². The molecule has 1 aliphatic rings. The monoisotopic (exact) mass is 222 g/mol. The molecule has 1 aromatic rings. The van der Waals surface area contributed by atoms with Crippen LogP contribution in [-0.4, -0.2) is 44.5 Å². The molecule has 0 radical (unpaired) electrons. The molecule has 1 saturated heterocycles. The molecule has 1 heterocycles. The first-order valence-corrected chi connectivity index (χ1v) is 5.57. The lowest BCUT2D eigenvalue weighted by Gasteiger charge is -2.24. The molecule has 1 aliphatic heterocycles. The van der Waals surface area contributed by atoms with Crippen molar-refractivity contribution in [2.75, 3.05) is 38.2 Å². The third kappa shape index (κ3) is 2.65. The highest BCUT2D eigenvalue weighted by molar-refractivity contribution is 5.51. The van der Waals surface area contributed by atoms with Crippen LogP contribution in [0, 0.1) is 0 Å². The highest BCUT2D eigenvalue weighted by Crippen LogP contribution is 2.21. The molecule has 1 fully saturated rings. The van der Waals surface area contributed by atoms with Gasteiger partial charge in [-0.3, -0.25) is 0 Å². The average molecular weight is 222 g/mol. The van der Waals surface area contributed by atoms with Crippen molar-refractivity contribution in [1.82, 2.24) is 5.32 Å². The van der Waals surface area contributed by atoms with Gasteiger partial charge in [0.2, 0.25) is 0 Å². The molecule has 2 N–H and O–H groups in total. The normalized spacial score (nSPS) is 21.6. The van der Waals surface area contributed by atoms with Gasteiger partial charge in [-0.15, -0.1) is 0 Å². The van der Waals surface area contributed by atoms with E-state index < -0.39 is 0 Å². The van der Waals surface area contributed by atoms with Crippen molar-refractivity contribution in [2.45, 2.75) is 6.10 Å². The summed E-state index contributed by atoms with van der Waals surface area (Å²) in [5.74, 6) is 0.851. The van der Waals surface area contributed by atoms with Gasteiger partial charge in [0.25, 0.3) is 0 Å². The topological polar surface area (TPSA) is 44.7 Å². The highest BCUT2D eigenvalue weighted by Gasteiger charge is 2.15. The zero-order valence-electron chi connectivity index (χ0n) is 9.52. The quantitative estimate of drug-likeness (QED) is 0.763. The fraction of sp³-hybridized carbons (Fsp3) is 0.500. The van der Waals surface area contributed by atoms with E-state index in [2.05, 4.69) is 10.2 Å². The van der Waals surface area contributed by atoms with Crippen LogP contribution in [0.5, 0.6) is 5.75 Å². The van der Waals surface area contributed by atoms with Crippen molar-refractivity contribution in [3.8, 4) is 5.75 Å². The van der Waals surface area contributed by atoms with E-state index >= 15 is 0 Å². The van der Waals surface area contributed by atoms with Gasteiger partial charge in [0.15, 0.2) is 0 Å². The first kappa shape index (κ1) is 11.2.